The van der Waals surface area contributed by atoms with Crippen LogP contribution in [0.3, 0.4) is 0 Å². The molecule has 20 heavy (non-hydrogen) atoms. The predicted molar refractivity (Wildman–Crippen MR) is 82.0 cm³/mol. The van der Waals surface area contributed by atoms with Gasteiger partial charge in [0.2, 0.25) is 0 Å². The lowest BCUT2D eigenvalue weighted by Gasteiger charge is -2.45. The van der Waals surface area contributed by atoms with Crippen LogP contribution in [0.2, 0.25) is 0 Å². The van der Waals surface area contributed by atoms with Gasteiger partial charge < -0.3 is 15.0 Å². The van der Waals surface area contributed by atoms with Crippen molar-refractivity contribution in [3.8, 4) is 0 Å². The highest BCUT2D eigenvalue weighted by atomic mass is 16.5. The summed E-state index contributed by atoms with van der Waals surface area (Å²) in [5.41, 5.74) is 0.455. The molecule has 1 aliphatic carbocycles. The Balaban J connectivity index is 1.56. The molecule has 0 aromatic rings. The van der Waals surface area contributed by atoms with Crippen molar-refractivity contribution >= 4 is 0 Å². The zero-order valence-corrected chi connectivity index (χ0v) is 13.2. The van der Waals surface area contributed by atoms with Crippen molar-refractivity contribution in [2.24, 2.45) is 5.41 Å². The van der Waals surface area contributed by atoms with Crippen LogP contribution in [-0.4, -0.2) is 74.9 Å². The average Bonchev–Trinajstić information content (AvgIpc) is 3.26. The summed E-state index contributed by atoms with van der Waals surface area (Å²) in [6.07, 6.45) is 5.23. The first kappa shape index (κ1) is 14.8. The number of hydrogen-bond donors (Lipinski definition) is 1. The van der Waals surface area contributed by atoms with E-state index < -0.39 is 0 Å². The Morgan fingerprint density at radius 2 is 1.95 bits per heavy atom. The number of hydrogen-bond acceptors (Lipinski definition) is 4. The molecule has 3 fully saturated rings. The van der Waals surface area contributed by atoms with E-state index in [1.165, 1.54) is 58.4 Å². The van der Waals surface area contributed by atoms with Gasteiger partial charge in [0.15, 0.2) is 0 Å². The molecule has 1 saturated carbocycles. The third kappa shape index (κ3) is 3.73. The molecule has 0 spiro atoms. The van der Waals surface area contributed by atoms with Crippen LogP contribution in [0.25, 0.3) is 0 Å². The molecule has 1 N–H and O–H groups in total. The zero-order valence-electron chi connectivity index (χ0n) is 13.2. The molecular weight excluding hydrogens is 250 g/mol. The third-order valence-electron chi connectivity index (χ3n) is 5.50. The summed E-state index contributed by atoms with van der Waals surface area (Å²) in [5.74, 6) is 0. The fraction of sp³-hybridized carbons (Fsp3) is 1.00. The highest BCUT2D eigenvalue weighted by molar-refractivity contribution is 4.92. The maximum Gasteiger partial charge on any atom is 0.0472 e. The van der Waals surface area contributed by atoms with Gasteiger partial charge in [0.05, 0.1) is 0 Å². The Bertz CT molecular complexity index is 313. The monoisotopic (exact) mass is 281 g/mol. The zero-order chi connectivity index (χ0) is 14.0. The fourth-order valence-electron chi connectivity index (χ4n) is 3.59. The van der Waals surface area contributed by atoms with Crippen molar-refractivity contribution < 1.29 is 4.74 Å². The first-order chi connectivity index (χ1) is 9.67. The van der Waals surface area contributed by atoms with E-state index in [1.807, 2.05) is 0 Å². The molecule has 0 aromatic carbocycles. The second kappa shape index (κ2) is 6.30. The van der Waals surface area contributed by atoms with E-state index in [4.69, 9.17) is 4.74 Å². The van der Waals surface area contributed by atoms with Crippen LogP contribution in [0.15, 0.2) is 0 Å². The maximum absolute atomic E-state index is 5.62. The van der Waals surface area contributed by atoms with Gasteiger partial charge in [-0.2, -0.15) is 0 Å². The average molecular weight is 281 g/mol. The summed E-state index contributed by atoms with van der Waals surface area (Å²) in [6.45, 7) is 10.4. The molecule has 0 bridgehead atoms. The van der Waals surface area contributed by atoms with Gasteiger partial charge in [-0.25, -0.2) is 0 Å². The Morgan fingerprint density at radius 1 is 1.20 bits per heavy atom. The van der Waals surface area contributed by atoms with Crippen molar-refractivity contribution in [3.05, 3.63) is 0 Å². The molecule has 3 rings (SSSR count). The summed E-state index contributed by atoms with van der Waals surface area (Å²) in [7, 11) is 2.25. The fourth-order valence-corrected chi connectivity index (χ4v) is 3.59. The Kier molecular flexibility index (Phi) is 4.65. The van der Waals surface area contributed by atoms with Crippen LogP contribution in [0.4, 0.5) is 0 Å². The predicted octanol–water partition coefficient (Wildman–Crippen LogP) is 1.17. The number of nitrogens with zero attached hydrogens (tertiary/aromatic N) is 2. The number of likely N-dealkylation sites (N-methyl/N-ethyl adjacent to an activating group) is 1. The molecule has 3 aliphatic rings. The highest BCUT2D eigenvalue weighted by Crippen LogP contribution is 2.33. The van der Waals surface area contributed by atoms with E-state index in [9.17, 15) is 0 Å². The smallest absolute Gasteiger partial charge is 0.0472 e. The molecule has 2 saturated heterocycles. The van der Waals surface area contributed by atoms with Crippen LogP contribution in [-0.2, 0) is 4.74 Å². The standard InChI is InChI=1S/C16H31N3O/c1-14-11-19(8-7-18(14)2)13-16(5-9-20-10-6-16)12-17-15-3-4-15/h14-15,17H,3-13H2,1-2H3. The van der Waals surface area contributed by atoms with Gasteiger partial charge in [-0.3, -0.25) is 4.90 Å². The van der Waals surface area contributed by atoms with Crippen molar-refractivity contribution in [2.45, 2.75) is 44.7 Å². The summed E-state index contributed by atoms with van der Waals surface area (Å²) in [6, 6.07) is 1.51. The van der Waals surface area contributed by atoms with E-state index in [0.717, 1.165) is 19.3 Å². The van der Waals surface area contributed by atoms with Crippen LogP contribution in [0, 0.1) is 5.41 Å². The van der Waals surface area contributed by atoms with Crippen LogP contribution < -0.4 is 5.32 Å². The molecule has 2 aliphatic heterocycles. The molecule has 0 aromatic heterocycles. The van der Waals surface area contributed by atoms with Crippen molar-refractivity contribution in [3.63, 3.8) is 0 Å². The normalized spacial score (nSPS) is 32.4. The summed E-state index contributed by atoms with van der Waals surface area (Å²) >= 11 is 0. The number of piperazine rings is 1. The van der Waals surface area contributed by atoms with Gasteiger partial charge in [-0.05, 0) is 45.1 Å². The lowest BCUT2D eigenvalue weighted by molar-refractivity contribution is -0.0166. The molecule has 4 nitrogen and oxygen atoms in total. The molecule has 2 heterocycles. The quantitative estimate of drug-likeness (QED) is 0.819. The number of rotatable bonds is 5. The van der Waals surface area contributed by atoms with Crippen LogP contribution in [0.1, 0.15) is 32.6 Å². The second-order valence-corrected chi connectivity index (χ2v) is 7.33. The largest absolute Gasteiger partial charge is 0.381 e. The summed E-state index contributed by atoms with van der Waals surface area (Å²) < 4.78 is 5.62. The van der Waals surface area contributed by atoms with Gasteiger partial charge in [0.25, 0.3) is 0 Å². The van der Waals surface area contributed by atoms with E-state index in [0.29, 0.717) is 11.5 Å². The van der Waals surface area contributed by atoms with Gasteiger partial charge in [0.1, 0.15) is 0 Å². The molecule has 1 atom stereocenters. The van der Waals surface area contributed by atoms with Gasteiger partial charge in [0, 0.05) is 58.0 Å². The first-order valence-corrected chi connectivity index (χ1v) is 8.41. The van der Waals surface area contributed by atoms with E-state index in [-0.39, 0.29) is 0 Å². The minimum absolute atomic E-state index is 0.455. The topological polar surface area (TPSA) is 27.7 Å². The van der Waals surface area contributed by atoms with Crippen molar-refractivity contribution in [2.75, 3.05) is 53.0 Å². The van der Waals surface area contributed by atoms with Crippen molar-refractivity contribution in [1.29, 1.82) is 0 Å². The molecular formula is C16H31N3O. The maximum atomic E-state index is 5.62. The van der Waals surface area contributed by atoms with Crippen molar-refractivity contribution in [1.82, 2.24) is 15.1 Å². The molecule has 1 unspecified atom stereocenters. The lowest BCUT2D eigenvalue weighted by atomic mass is 9.79. The Hall–Kier alpha value is -0.160. The summed E-state index contributed by atoms with van der Waals surface area (Å²) in [5, 5.41) is 3.78. The minimum Gasteiger partial charge on any atom is -0.381 e. The van der Waals surface area contributed by atoms with Gasteiger partial charge in [-0.1, -0.05) is 0 Å². The SMILES string of the molecule is CC1CN(CC2(CNC3CC3)CCOCC2)CCN1C. The number of ether oxygens (including phenoxy) is 1. The van der Waals surface area contributed by atoms with E-state index in [1.54, 1.807) is 0 Å². The highest BCUT2D eigenvalue weighted by Gasteiger charge is 2.37. The molecule has 4 heteroatoms. The van der Waals surface area contributed by atoms with E-state index in [2.05, 4.69) is 29.1 Å². The molecule has 0 radical (unpaired) electrons. The molecule has 0 amide bonds. The first-order valence-electron chi connectivity index (χ1n) is 8.41. The third-order valence-corrected chi connectivity index (χ3v) is 5.50. The lowest BCUT2D eigenvalue weighted by Crippen LogP contribution is -2.55. The summed E-state index contributed by atoms with van der Waals surface area (Å²) in [4.78, 5) is 5.18. The van der Waals surface area contributed by atoms with Crippen LogP contribution >= 0.6 is 0 Å². The minimum atomic E-state index is 0.455. The van der Waals surface area contributed by atoms with Crippen LogP contribution in [0.5, 0.6) is 0 Å². The second-order valence-electron chi connectivity index (χ2n) is 7.33. The molecule has 116 valence electrons. The van der Waals surface area contributed by atoms with Gasteiger partial charge in [-0.15, -0.1) is 0 Å². The van der Waals surface area contributed by atoms with Gasteiger partial charge >= 0.3 is 0 Å². The van der Waals surface area contributed by atoms with E-state index >= 15 is 0 Å². The number of nitrogens with one attached hydrogen (secondary N) is 1. The Labute approximate surface area is 123 Å². The Morgan fingerprint density at radius 3 is 2.60 bits per heavy atom.